The first-order chi connectivity index (χ1) is 17.9. The van der Waals surface area contributed by atoms with E-state index in [2.05, 4.69) is 6.07 Å². The number of nitriles is 1. The number of hydrogen-bond acceptors (Lipinski definition) is 4. The molecule has 196 valence electrons. The van der Waals surface area contributed by atoms with Crippen LogP contribution in [0.2, 0.25) is 10.0 Å². The molecule has 1 aliphatic heterocycles. The van der Waals surface area contributed by atoms with Gasteiger partial charge >= 0.3 is 5.37 Å². The molecule has 0 fully saturated rings. The fraction of sp³-hybridized carbons (Fsp3) is 0.300. The van der Waals surface area contributed by atoms with Crippen molar-refractivity contribution >= 4 is 46.0 Å². The number of amides is 1. The number of carbonyl (C=O) groups is 1. The molecule has 0 spiro atoms. The van der Waals surface area contributed by atoms with Crippen LogP contribution in [-0.2, 0) is 16.5 Å². The molecule has 1 heterocycles. The first kappa shape index (κ1) is 28.0. The Morgan fingerprint density at radius 2 is 1.55 bits per heavy atom. The molecule has 3 aromatic carbocycles. The topological polar surface area (TPSA) is 65.7 Å². The molecule has 1 aliphatic rings. The summed E-state index contributed by atoms with van der Waals surface area (Å²) in [5.41, 5.74) is 0.267. The lowest BCUT2D eigenvalue weighted by molar-refractivity contribution is 0.149. The van der Waals surface area contributed by atoms with Gasteiger partial charge in [-0.05, 0) is 99.3 Å². The van der Waals surface area contributed by atoms with Crippen LogP contribution in [0, 0.1) is 11.3 Å². The van der Waals surface area contributed by atoms with E-state index < -0.39 is 21.9 Å². The largest absolute Gasteiger partial charge is 0.493 e. The summed E-state index contributed by atoms with van der Waals surface area (Å²) in [6.07, 6.45) is 0. The van der Waals surface area contributed by atoms with Crippen molar-refractivity contribution in [2.45, 2.75) is 51.1 Å². The first-order valence-electron chi connectivity index (χ1n) is 12.2. The van der Waals surface area contributed by atoms with Gasteiger partial charge in [-0.25, -0.2) is 0 Å². The van der Waals surface area contributed by atoms with Gasteiger partial charge in [-0.2, -0.15) is 5.26 Å². The fourth-order valence-electron chi connectivity index (χ4n) is 4.98. The maximum absolute atomic E-state index is 13.3. The molecule has 1 amide bonds. The molecule has 0 saturated carbocycles. The first-order valence-corrected chi connectivity index (χ1v) is 13.3. The molecule has 4 rings (SSSR count). The lowest BCUT2D eigenvalue weighted by Gasteiger charge is -2.44. The average Bonchev–Trinajstić information content (AvgIpc) is 3.13. The second-order valence-electron chi connectivity index (χ2n) is 10.1. The van der Waals surface area contributed by atoms with Crippen molar-refractivity contribution in [3.63, 3.8) is 0 Å². The Hall–Kier alpha value is -3.04. The van der Waals surface area contributed by atoms with Gasteiger partial charge in [-0.15, -0.1) is 0 Å². The number of amidine groups is 1. The van der Waals surface area contributed by atoms with Gasteiger partial charge in [0.15, 0.2) is 0 Å². The summed E-state index contributed by atoms with van der Waals surface area (Å²) >= 11 is 18.8. The van der Waals surface area contributed by atoms with Crippen molar-refractivity contribution in [2.75, 3.05) is 6.61 Å². The second kappa shape index (κ2) is 10.3. The summed E-state index contributed by atoms with van der Waals surface area (Å²) in [7, 11) is 0. The molecule has 0 N–H and O–H groups in total. The van der Waals surface area contributed by atoms with Crippen LogP contribution in [0.25, 0.3) is 0 Å². The highest BCUT2D eigenvalue weighted by Gasteiger charge is 2.59. The number of nitrogens with zero attached hydrogens (tertiary/aromatic N) is 3. The van der Waals surface area contributed by atoms with Crippen LogP contribution in [0.3, 0.4) is 0 Å². The summed E-state index contributed by atoms with van der Waals surface area (Å²) < 4.78 is 6.03. The number of carbonyl (C=O) groups excluding carboxylic acids is 1. The maximum atomic E-state index is 13.3. The van der Waals surface area contributed by atoms with E-state index in [1.165, 1.54) is 4.90 Å². The number of aliphatic imine (C=N–C) groups is 1. The summed E-state index contributed by atoms with van der Waals surface area (Å²) in [5.74, 6) is 0.874. The van der Waals surface area contributed by atoms with Gasteiger partial charge in [0, 0.05) is 10.0 Å². The molecule has 0 unspecified atom stereocenters. The lowest BCUT2D eigenvalue weighted by atomic mass is 9.71. The molecular weight excluding hydrogens is 541 g/mol. The van der Waals surface area contributed by atoms with Crippen molar-refractivity contribution in [1.82, 2.24) is 4.90 Å². The minimum absolute atomic E-state index is 0.365. The Morgan fingerprint density at radius 1 is 1.00 bits per heavy atom. The van der Waals surface area contributed by atoms with Crippen LogP contribution in [0.4, 0.5) is 4.79 Å². The van der Waals surface area contributed by atoms with Crippen LogP contribution in [-0.4, -0.2) is 22.7 Å². The number of rotatable bonds is 6. The number of ether oxygens (including phenoxy) is 1. The monoisotopic (exact) mass is 567 g/mol. The third kappa shape index (κ3) is 4.56. The fourth-order valence-corrected chi connectivity index (χ4v) is 5.48. The molecule has 5 nitrogen and oxygen atoms in total. The predicted molar refractivity (Wildman–Crippen MR) is 153 cm³/mol. The normalized spacial score (nSPS) is 21.1. The van der Waals surface area contributed by atoms with E-state index >= 15 is 0 Å². The van der Waals surface area contributed by atoms with Gasteiger partial charge in [0.2, 0.25) is 0 Å². The van der Waals surface area contributed by atoms with Crippen LogP contribution < -0.4 is 4.74 Å². The van der Waals surface area contributed by atoms with Crippen LogP contribution >= 0.6 is 34.8 Å². The van der Waals surface area contributed by atoms with E-state index in [4.69, 9.17) is 44.5 Å². The number of benzene rings is 3. The molecule has 0 saturated heterocycles. The number of hydrogen-bond donors (Lipinski definition) is 0. The van der Waals surface area contributed by atoms with Crippen LogP contribution in [0.1, 0.15) is 56.9 Å². The zero-order chi connectivity index (χ0) is 27.9. The third-order valence-electron chi connectivity index (χ3n) is 7.45. The molecule has 0 aromatic heterocycles. The summed E-state index contributed by atoms with van der Waals surface area (Å²) in [4.78, 5) is 20.0. The molecule has 38 heavy (non-hydrogen) atoms. The highest BCUT2D eigenvalue weighted by Crippen LogP contribution is 2.54. The minimum atomic E-state index is -1.05. The maximum Gasteiger partial charge on any atom is 0.322 e. The summed E-state index contributed by atoms with van der Waals surface area (Å²) in [5, 5.41) is 10.2. The quantitative estimate of drug-likeness (QED) is 0.221. The van der Waals surface area contributed by atoms with Crippen LogP contribution in [0.15, 0.2) is 71.7 Å². The highest BCUT2D eigenvalue weighted by atomic mass is 35.5. The van der Waals surface area contributed by atoms with E-state index in [1.54, 1.807) is 24.3 Å². The SMILES string of the molecule is CCOc1cc(C(C)(C)C#N)ccc1C1=N[C@@](C)(c2ccc(Cl)cc2)[C@](C)(c2ccc(Cl)cc2)N1C(=O)Cl. The zero-order valence-corrected chi connectivity index (χ0v) is 24.1. The van der Waals surface area contributed by atoms with Crippen molar-refractivity contribution in [3.05, 3.63) is 99.0 Å². The second-order valence-corrected chi connectivity index (χ2v) is 11.3. The van der Waals surface area contributed by atoms with Gasteiger partial charge in [0.05, 0.1) is 23.7 Å². The van der Waals surface area contributed by atoms with E-state index in [1.807, 2.05) is 77.1 Å². The molecule has 0 bridgehead atoms. The molecule has 2 atom stereocenters. The minimum Gasteiger partial charge on any atom is -0.493 e. The van der Waals surface area contributed by atoms with Crippen LogP contribution in [0.5, 0.6) is 5.75 Å². The Balaban J connectivity index is 2.03. The Labute approximate surface area is 238 Å². The van der Waals surface area contributed by atoms with Gasteiger partial charge < -0.3 is 4.74 Å². The van der Waals surface area contributed by atoms with Crippen molar-refractivity contribution in [2.24, 2.45) is 4.99 Å². The summed E-state index contributed by atoms with van der Waals surface area (Å²) in [6.45, 7) is 9.85. The van der Waals surface area contributed by atoms with Crippen molar-refractivity contribution < 1.29 is 9.53 Å². The molecule has 0 radical (unpaired) electrons. The lowest BCUT2D eigenvalue weighted by Crippen LogP contribution is -2.53. The average molecular weight is 569 g/mol. The van der Waals surface area contributed by atoms with E-state index in [0.717, 1.165) is 16.7 Å². The predicted octanol–water partition coefficient (Wildman–Crippen LogP) is 8.45. The van der Waals surface area contributed by atoms with E-state index in [9.17, 15) is 10.1 Å². The van der Waals surface area contributed by atoms with Gasteiger partial charge in [-0.1, -0.05) is 53.5 Å². The molecule has 0 aliphatic carbocycles. The Morgan fingerprint density at radius 3 is 2.05 bits per heavy atom. The smallest absolute Gasteiger partial charge is 0.322 e. The third-order valence-corrected chi connectivity index (χ3v) is 8.12. The van der Waals surface area contributed by atoms with Crippen molar-refractivity contribution in [3.8, 4) is 11.8 Å². The summed E-state index contributed by atoms with van der Waals surface area (Å²) in [6, 6.07) is 22.6. The molecular formula is C30H28Cl3N3O2. The van der Waals surface area contributed by atoms with Gasteiger partial charge in [0.25, 0.3) is 0 Å². The highest BCUT2D eigenvalue weighted by molar-refractivity contribution is 6.64. The van der Waals surface area contributed by atoms with E-state index in [0.29, 0.717) is 33.8 Å². The molecule has 8 heteroatoms. The standard InChI is InChI=1S/C30H28Cl3N3O2/c1-6-38-25-17-21(28(2,3)18-34)11-16-24(25)26-35-29(4,19-7-12-22(31)13-8-19)30(5,36(26)27(33)37)20-9-14-23(32)15-10-20/h7-17H,6H2,1-5H3/t29-,30-/m0/s1. The van der Waals surface area contributed by atoms with Gasteiger partial charge in [0.1, 0.15) is 22.7 Å². The Kier molecular flexibility index (Phi) is 7.56. The zero-order valence-electron chi connectivity index (χ0n) is 21.8. The molecule has 3 aromatic rings. The van der Waals surface area contributed by atoms with E-state index in [-0.39, 0.29) is 0 Å². The van der Waals surface area contributed by atoms with Crippen molar-refractivity contribution in [1.29, 1.82) is 5.26 Å². The Bertz CT molecular complexity index is 1450. The van der Waals surface area contributed by atoms with Gasteiger partial charge in [-0.3, -0.25) is 14.7 Å². The number of halogens is 3.